The molecule has 0 aliphatic rings. The van der Waals surface area contributed by atoms with E-state index in [0.29, 0.717) is 5.69 Å². The van der Waals surface area contributed by atoms with Crippen LogP contribution in [0.15, 0.2) is 60.0 Å². The van der Waals surface area contributed by atoms with Gasteiger partial charge in [-0.25, -0.2) is 9.37 Å². The van der Waals surface area contributed by atoms with E-state index in [1.807, 2.05) is 41.8 Å². The zero-order chi connectivity index (χ0) is 18.5. The predicted molar refractivity (Wildman–Crippen MR) is 103 cm³/mol. The van der Waals surface area contributed by atoms with E-state index in [1.54, 1.807) is 6.07 Å². The van der Waals surface area contributed by atoms with Crippen molar-refractivity contribution in [2.24, 2.45) is 5.92 Å². The second-order valence-electron chi connectivity index (χ2n) is 6.53. The molecule has 0 bridgehead atoms. The molecule has 3 nitrogen and oxygen atoms in total. The molecule has 5 heteroatoms. The molecule has 1 unspecified atom stereocenters. The van der Waals surface area contributed by atoms with Crippen molar-refractivity contribution in [1.29, 1.82) is 0 Å². The van der Waals surface area contributed by atoms with Gasteiger partial charge >= 0.3 is 0 Å². The fourth-order valence-electron chi connectivity index (χ4n) is 2.83. The Hall–Kier alpha value is -2.53. The van der Waals surface area contributed by atoms with Crippen LogP contribution in [0.1, 0.15) is 31.1 Å². The van der Waals surface area contributed by atoms with Crippen molar-refractivity contribution < 1.29 is 9.18 Å². The molecular formula is C21H21FN2OS. The minimum atomic E-state index is -0.292. The van der Waals surface area contributed by atoms with Crippen LogP contribution >= 0.6 is 11.3 Å². The van der Waals surface area contributed by atoms with Gasteiger partial charge in [-0.05, 0) is 23.6 Å². The number of nitrogens with one attached hydrogen (secondary N) is 1. The van der Waals surface area contributed by atoms with Crippen molar-refractivity contribution in [2.75, 3.05) is 0 Å². The van der Waals surface area contributed by atoms with Crippen molar-refractivity contribution in [3.63, 3.8) is 0 Å². The second kappa shape index (κ2) is 8.23. The Labute approximate surface area is 156 Å². The molecule has 1 heterocycles. The summed E-state index contributed by atoms with van der Waals surface area (Å²) in [6, 6.07) is 16.3. The van der Waals surface area contributed by atoms with E-state index in [9.17, 15) is 9.18 Å². The molecule has 0 saturated heterocycles. The maximum atomic E-state index is 13.4. The molecule has 1 N–H and O–H groups in total. The Morgan fingerprint density at radius 3 is 2.62 bits per heavy atom. The molecule has 0 spiro atoms. The molecule has 134 valence electrons. The molecule has 1 atom stereocenters. The summed E-state index contributed by atoms with van der Waals surface area (Å²) in [6.07, 6.45) is 0.210. The number of benzene rings is 2. The third-order valence-electron chi connectivity index (χ3n) is 4.11. The molecule has 1 aromatic heterocycles. The fourth-order valence-corrected chi connectivity index (χ4v) is 3.64. The van der Waals surface area contributed by atoms with E-state index >= 15 is 0 Å². The quantitative estimate of drug-likeness (QED) is 0.665. The number of amides is 1. The summed E-state index contributed by atoms with van der Waals surface area (Å²) in [5, 5.41) is 5.68. The predicted octanol–water partition coefficient (Wildman–Crippen LogP) is 5.01. The average molecular weight is 368 g/mol. The molecule has 0 aliphatic heterocycles. The van der Waals surface area contributed by atoms with Gasteiger partial charge in [0.2, 0.25) is 5.91 Å². The largest absolute Gasteiger partial charge is 0.349 e. The first-order valence-corrected chi connectivity index (χ1v) is 9.45. The lowest BCUT2D eigenvalue weighted by molar-refractivity contribution is -0.121. The standard InChI is InChI=1S/C21H21FN2OS/c1-14(2)20(15-7-4-3-5-8-15)24-19(25)12-18-13-26-21(23-18)16-9-6-10-17(22)11-16/h3-11,13-14,20H,12H2,1-2H3,(H,24,25). The van der Waals surface area contributed by atoms with Crippen LogP contribution in [0.2, 0.25) is 0 Å². The van der Waals surface area contributed by atoms with Gasteiger partial charge in [-0.2, -0.15) is 0 Å². The molecule has 3 rings (SSSR count). The first-order chi connectivity index (χ1) is 12.5. The van der Waals surface area contributed by atoms with Gasteiger partial charge < -0.3 is 5.32 Å². The number of carbonyl (C=O) groups excluding carboxylic acids is 1. The van der Waals surface area contributed by atoms with Gasteiger partial charge in [0.25, 0.3) is 0 Å². The molecular weight excluding hydrogens is 347 g/mol. The summed E-state index contributed by atoms with van der Waals surface area (Å²) in [5.41, 5.74) is 2.52. The van der Waals surface area contributed by atoms with Crippen molar-refractivity contribution >= 4 is 17.2 Å². The van der Waals surface area contributed by atoms with E-state index in [0.717, 1.165) is 16.1 Å². The van der Waals surface area contributed by atoms with E-state index in [1.165, 1.54) is 23.5 Å². The fraction of sp³-hybridized carbons (Fsp3) is 0.238. The number of carbonyl (C=O) groups is 1. The van der Waals surface area contributed by atoms with Crippen molar-refractivity contribution in [3.8, 4) is 10.6 Å². The Morgan fingerprint density at radius 1 is 1.15 bits per heavy atom. The Bertz CT molecular complexity index is 876. The van der Waals surface area contributed by atoms with Gasteiger partial charge in [-0.15, -0.1) is 11.3 Å². The van der Waals surface area contributed by atoms with Gasteiger partial charge in [-0.3, -0.25) is 4.79 Å². The summed E-state index contributed by atoms with van der Waals surface area (Å²) in [7, 11) is 0. The van der Waals surface area contributed by atoms with E-state index in [-0.39, 0.29) is 30.1 Å². The molecule has 0 radical (unpaired) electrons. The molecule has 0 saturated carbocycles. The highest BCUT2D eigenvalue weighted by molar-refractivity contribution is 7.13. The molecule has 1 amide bonds. The zero-order valence-corrected chi connectivity index (χ0v) is 15.6. The van der Waals surface area contributed by atoms with Crippen LogP contribution in [0, 0.1) is 11.7 Å². The van der Waals surface area contributed by atoms with Gasteiger partial charge in [0.1, 0.15) is 10.8 Å². The van der Waals surface area contributed by atoms with Crippen LogP contribution in [0.5, 0.6) is 0 Å². The maximum Gasteiger partial charge on any atom is 0.226 e. The molecule has 2 aromatic carbocycles. The normalized spacial score (nSPS) is 12.2. The minimum Gasteiger partial charge on any atom is -0.349 e. The van der Waals surface area contributed by atoms with Crippen LogP contribution in [-0.4, -0.2) is 10.9 Å². The smallest absolute Gasteiger partial charge is 0.226 e. The van der Waals surface area contributed by atoms with Crippen LogP contribution in [0.3, 0.4) is 0 Å². The summed E-state index contributed by atoms with van der Waals surface area (Å²) >= 11 is 1.42. The first kappa shape index (κ1) is 18.3. The highest BCUT2D eigenvalue weighted by Crippen LogP contribution is 2.25. The van der Waals surface area contributed by atoms with Gasteiger partial charge in [0.15, 0.2) is 0 Å². The highest BCUT2D eigenvalue weighted by Gasteiger charge is 2.19. The lowest BCUT2D eigenvalue weighted by Crippen LogP contribution is -2.32. The van der Waals surface area contributed by atoms with Crippen LogP contribution in [-0.2, 0) is 11.2 Å². The van der Waals surface area contributed by atoms with E-state index in [2.05, 4.69) is 24.1 Å². The lowest BCUT2D eigenvalue weighted by atomic mass is 9.96. The monoisotopic (exact) mass is 368 g/mol. The number of hydrogen-bond donors (Lipinski definition) is 1. The summed E-state index contributed by atoms with van der Waals surface area (Å²) in [6.45, 7) is 4.17. The molecule has 3 aromatic rings. The summed E-state index contributed by atoms with van der Waals surface area (Å²) in [4.78, 5) is 17.0. The molecule has 0 fully saturated rings. The van der Waals surface area contributed by atoms with E-state index in [4.69, 9.17) is 0 Å². The van der Waals surface area contributed by atoms with Gasteiger partial charge in [-0.1, -0.05) is 56.3 Å². The topological polar surface area (TPSA) is 42.0 Å². The molecule has 26 heavy (non-hydrogen) atoms. The number of rotatable bonds is 6. The minimum absolute atomic E-state index is 0.0370. The van der Waals surface area contributed by atoms with Crippen LogP contribution < -0.4 is 5.32 Å². The lowest BCUT2D eigenvalue weighted by Gasteiger charge is -2.22. The number of thiazole rings is 1. The van der Waals surface area contributed by atoms with Crippen LogP contribution in [0.4, 0.5) is 4.39 Å². The number of nitrogens with zero attached hydrogens (tertiary/aromatic N) is 1. The van der Waals surface area contributed by atoms with Crippen molar-refractivity contribution in [2.45, 2.75) is 26.3 Å². The number of halogens is 1. The number of aromatic nitrogens is 1. The zero-order valence-electron chi connectivity index (χ0n) is 14.8. The van der Waals surface area contributed by atoms with E-state index < -0.39 is 0 Å². The third-order valence-corrected chi connectivity index (χ3v) is 5.05. The first-order valence-electron chi connectivity index (χ1n) is 8.57. The SMILES string of the molecule is CC(C)C(NC(=O)Cc1csc(-c2cccc(F)c2)n1)c1ccccc1. The summed E-state index contributed by atoms with van der Waals surface area (Å²) < 4.78 is 13.4. The highest BCUT2D eigenvalue weighted by atomic mass is 32.1. The third kappa shape index (κ3) is 4.55. The van der Waals surface area contributed by atoms with Crippen molar-refractivity contribution in [1.82, 2.24) is 10.3 Å². The number of hydrogen-bond acceptors (Lipinski definition) is 3. The Morgan fingerprint density at radius 2 is 1.92 bits per heavy atom. The Kier molecular flexibility index (Phi) is 5.78. The summed E-state index contributed by atoms with van der Waals surface area (Å²) in [5.74, 6) is -0.0806. The van der Waals surface area contributed by atoms with Gasteiger partial charge in [0, 0.05) is 10.9 Å². The van der Waals surface area contributed by atoms with Crippen molar-refractivity contribution in [3.05, 3.63) is 77.1 Å². The van der Waals surface area contributed by atoms with Crippen LogP contribution in [0.25, 0.3) is 10.6 Å². The molecule has 0 aliphatic carbocycles. The second-order valence-corrected chi connectivity index (χ2v) is 7.39. The Balaban J connectivity index is 1.68. The average Bonchev–Trinajstić information content (AvgIpc) is 3.08. The van der Waals surface area contributed by atoms with Gasteiger partial charge in [0.05, 0.1) is 18.2 Å². The maximum absolute atomic E-state index is 13.4.